The van der Waals surface area contributed by atoms with E-state index >= 15 is 0 Å². The second-order valence-electron chi connectivity index (χ2n) is 5.27. The molecule has 0 saturated carbocycles. The number of H-pyrrole nitrogens is 1. The van der Waals surface area contributed by atoms with Crippen molar-refractivity contribution in [2.24, 2.45) is 11.5 Å². The molecule has 0 unspecified atom stereocenters. The molecule has 6 N–H and O–H groups in total. The summed E-state index contributed by atoms with van der Waals surface area (Å²) in [4.78, 5) is 34.1. The first-order valence-corrected chi connectivity index (χ1v) is 7.42. The average molecular weight is 356 g/mol. The molecule has 0 aliphatic heterocycles. The number of anilines is 1. The normalized spacial score (nSPS) is 10.5. The quantitative estimate of drug-likeness (QED) is 0.538. The number of aromatic amines is 1. The van der Waals surface area contributed by atoms with Gasteiger partial charge in [-0.1, -0.05) is 12.1 Å². The number of amides is 3. The Kier molecular flexibility index (Phi) is 4.31. The Morgan fingerprint density at radius 1 is 1.19 bits per heavy atom. The summed E-state index contributed by atoms with van der Waals surface area (Å²) in [5.74, 6) is -0.235. The highest BCUT2D eigenvalue weighted by Gasteiger charge is 2.19. The zero-order valence-corrected chi connectivity index (χ0v) is 14.0. The van der Waals surface area contributed by atoms with Gasteiger partial charge in [0.1, 0.15) is 5.82 Å². The Balaban J connectivity index is 2.16. The summed E-state index contributed by atoms with van der Waals surface area (Å²) in [5, 5.41) is 2.90. The van der Waals surface area contributed by atoms with E-state index in [1.807, 2.05) is 0 Å². The number of nitrogens with one attached hydrogen (secondary N) is 2. The fraction of sp³-hybridized carbons (Fsp3) is 0.125. The molecule has 134 valence electrons. The van der Waals surface area contributed by atoms with Gasteiger partial charge in [0.2, 0.25) is 5.88 Å². The fourth-order valence-electron chi connectivity index (χ4n) is 2.64. The van der Waals surface area contributed by atoms with Gasteiger partial charge >= 0.3 is 12.0 Å². The summed E-state index contributed by atoms with van der Waals surface area (Å²) in [6, 6.07) is 4.56. The summed E-state index contributed by atoms with van der Waals surface area (Å²) >= 11 is 0. The van der Waals surface area contributed by atoms with Crippen molar-refractivity contribution < 1.29 is 19.1 Å². The summed E-state index contributed by atoms with van der Waals surface area (Å²) in [6.45, 7) is 0. The van der Waals surface area contributed by atoms with Crippen molar-refractivity contribution in [2.75, 3.05) is 19.5 Å². The van der Waals surface area contributed by atoms with Crippen LogP contribution in [0.4, 0.5) is 10.6 Å². The highest BCUT2D eigenvalue weighted by Crippen LogP contribution is 2.33. The first-order valence-electron chi connectivity index (χ1n) is 7.42. The minimum atomic E-state index is -0.815. The maximum absolute atomic E-state index is 11.8. The van der Waals surface area contributed by atoms with Crippen LogP contribution in [-0.2, 0) is 0 Å². The molecule has 0 radical (unpaired) electrons. The Morgan fingerprint density at radius 2 is 1.96 bits per heavy atom. The SMILES string of the molecule is COc1ncc(-c2ccc3c(C(N)=O)c(NC(N)=O)[nH]c3c2)c(OC)n1. The molecular weight excluding hydrogens is 340 g/mol. The molecule has 0 bridgehead atoms. The van der Waals surface area contributed by atoms with Crippen LogP contribution in [-0.4, -0.2) is 41.1 Å². The van der Waals surface area contributed by atoms with Gasteiger partial charge in [-0.25, -0.2) is 9.78 Å². The number of primary amides is 2. The smallest absolute Gasteiger partial charge is 0.319 e. The van der Waals surface area contributed by atoms with E-state index in [4.69, 9.17) is 20.9 Å². The van der Waals surface area contributed by atoms with E-state index in [1.54, 1.807) is 24.4 Å². The van der Waals surface area contributed by atoms with Crippen LogP contribution < -0.4 is 26.3 Å². The molecule has 0 spiro atoms. The molecule has 26 heavy (non-hydrogen) atoms. The number of aromatic nitrogens is 3. The number of carbonyl (C=O) groups is 2. The standard InChI is InChI=1S/C16H16N6O4/c1-25-14-9(6-19-16(22-14)26-2)7-3-4-8-10(5-7)20-13(21-15(18)24)11(8)12(17)23/h3-6,20H,1-2H3,(H2,17,23)(H3,18,21,24). The first kappa shape index (κ1) is 17.0. The number of rotatable bonds is 5. The van der Waals surface area contributed by atoms with E-state index in [2.05, 4.69) is 20.3 Å². The molecule has 0 saturated heterocycles. The van der Waals surface area contributed by atoms with Gasteiger partial charge in [-0.15, -0.1) is 0 Å². The number of carbonyl (C=O) groups excluding carboxylic acids is 2. The number of benzene rings is 1. The van der Waals surface area contributed by atoms with E-state index in [0.717, 1.165) is 5.56 Å². The molecule has 0 atom stereocenters. The highest BCUT2D eigenvalue weighted by molar-refractivity contribution is 6.13. The number of urea groups is 1. The second-order valence-corrected chi connectivity index (χ2v) is 5.27. The van der Waals surface area contributed by atoms with Crippen LogP contribution in [0, 0.1) is 0 Å². The molecule has 1 aromatic carbocycles. The van der Waals surface area contributed by atoms with Gasteiger partial charge in [-0.2, -0.15) is 4.98 Å². The monoisotopic (exact) mass is 356 g/mol. The third-order valence-electron chi connectivity index (χ3n) is 3.71. The van der Waals surface area contributed by atoms with Gasteiger partial charge in [0.15, 0.2) is 0 Å². The number of hydrogen-bond donors (Lipinski definition) is 4. The van der Waals surface area contributed by atoms with Gasteiger partial charge in [-0.05, 0) is 11.6 Å². The lowest BCUT2D eigenvalue weighted by Gasteiger charge is -2.08. The van der Waals surface area contributed by atoms with Crippen molar-refractivity contribution in [3.8, 4) is 23.0 Å². The first-order chi connectivity index (χ1) is 12.4. The lowest BCUT2D eigenvalue weighted by molar-refractivity contribution is 0.100. The lowest BCUT2D eigenvalue weighted by Crippen LogP contribution is -2.22. The second kappa shape index (κ2) is 6.59. The minimum absolute atomic E-state index is 0.134. The van der Waals surface area contributed by atoms with Crippen molar-refractivity contribution in [3.05, 3.63) is 30.0 Å². The predicted molar refractivity (Wildman–Crippen MR) is 94.2 cm³/mol. The van der Waals surface area contributed by atoms with Gasteiger partial charge in [-0.3, -0.25) is 10.1 Å². The van der Waals surface area contributed by atoms with Gasteiger partial charge in [0.25, 0.3) is 5.91 Å². The number of methoxy groups -OCH3 is 2. The number of hydrogen-bond acceptors (Lipinski definition) is 6. The van der Waals surface area contributed by atoms with E-state index in [-0.39, 0.29) is 17.4 Å². The Morgan fingerprint density at radius 3 is 2.58 bits per heavy atom. The number of ether oxygens (including phenoxy) is 2. The van der Waals surface area contributed by atoms with E-state index in [0.29, 0.717) is 22.3 Å². The van der Waals surface area contributed by atoms with E-state index in [1.165, 1.54) is 14.2 Å². The van der Waals surface area contributed by atoms with Crippen LogP contribution in [0.1, 0.15) is 10.4 Å². The fourth-order valence-corrected chi connectivity index (χ4v) is 2.64. The number of nitrogens with zero attached hydrogens (tertiary/aromatic N) is 2. The molecule has 3 aromatic rings. The van der Waals surface area contributed by atoms with Crippen LogP contribution in [0.2, 0.25) is 0 Å². The van der Waals surface area contributed by atoms with Crippen molar-refractivity contribution in [1.29, 1.82) is 0 Å². The molecule has 0 aliphatic rings. The highest BCUT2D eigenvalue weighted by atomic mass is 16.5. The van der Waals surface area contributed by atoms with Crippen LogP contribution >= 0.6 is 0 Å². The minimum Gasteiger partial charge on any atom is -0.480 e. The van der Waals surface area contributed by atoms with Gasteiger partial charge in [0.05, 0.1) is 25.3 Å². The van der Waals surface area contributed by atoms with E-state index < -0.39 is 11.9 Å². The van der Waals surface area contributed by atoms with Crippen LogP contribution in [0.25, 0.3) is 22.0 Å². The maximum Gasteiger partial charge on any atom is 0.319 e. The molecule has 2 aromatic heterocycles. The molecule has 3 rings (SSSR count). The Hall–Kier alpha value is -3.82. The van der Waals surface area contributed by atoms with Crippen molar-refractivity contribution in [3.63, 3.8) is 0 Å². The topological polar surface area (TPSA) is 158 Å². The molecular formula is C16H16N6O4. The summed E-state index contributed by atoms with van der Waals surface area (Å²) in [5.41, 5.74) is 12.6. The van der Waals surface area contributed by atoms with Crippen LogP contribution in [0.5, 0.6) is 11.9 Å². The van der Waals surface area contributed by atoms with Gasteiger partial charge in [0, 0.05) is 17.1 Å². The van der Waals surface area contributed by atoms with E-state index in [9.17, 15) is 9.59 Å². The number of fused-ring (bicyclic) bond motifs is 1. The molecule has 2 heterocycles. The van der Waals surface area contributed by atoms with Crippen LogP contribution in [0.15, 0.2) is 24.4 Å². The van der Waals surface area contributed by atoms with Crippen molar-refractivity contribution in [1.82, 2.24) is 15.0 Å². The summed E-state index contributed by atoms with van der Waals surface area (Å²) in [7, 11) is 2.94. The molecule has 0 fully saturated rings. The Bertz CT molecular complexity index is 1010. The lowest BCUT2D eigenvalue weighted by atomic mass is 10.0. The van der Waals surface area contributed by atoms with Gasteiger partial charge < -0.3 is 25.9 Å². The summed E-state index contributed by atoms with van der Waals surface area (Å²) in [6.07, 6.45) is 1.56. The van der Waals surface area contributed by atoms with Crippen LogP contribution in [0.3, 0.4) is 0 Å². The Labute approximate surface area is 147 Å². The third-order valence-corrected chi connectivity index (χ3v) is 3.71. The zero-order valence-electron chi connectivity index (χ0n) is 14.0. The predicted octanol–water partition coefficient (Wildman–Crippen LogP) is 1.23. The molecule has 10 nitrogen and oxygen atoms in total. The largest absolute Gasteiger partial charge is 0.480 e. The van der Waals surface area contributed by atoms with Crippen molar-refractivity contribution in [2.45, 2.75) is 0 Å². The average Bonchev–Trinajstić information content (AvgIpc) is 2.97. The maximum atomic E-state index is 11.8. The summed E-state index contributed by atoms with van der Waals surface area (Å²) < 4.78 is 10.3. The molecule has 10 heteroatoms. The van der Waals surface area contributed by atoms with Crippen molar-refractivity contribution >= 4 is 28.7 Å². The molecule has 0 aliphatic carbocycles. The third kappa shape index (κ3) is 2.95. The number of nitrogens with two attached hydrogens (primary N) is 2. The molecule has 3 amide bonds. The zero-order chi connectivity index (χ0) is 18.8.